The number of hydrogen-bond donors (Lipinski definition) is 7. The minimum Gasteiger partial charge on any atom is -0.404 e. The molecule has 0 aliphatic heterocycles. The average Bonchev–Trinajstić information content (AvgIpc) is 3.29. The Labute approximate surface area is 272 Å². The van der Waals surface area contributed by atoms with Crippen LogP contribution in [-0.4, -0.2) is 52.9 Å². The predicted octanol–water partition coefficient (Wildman–Crippen LogP) is 4.21. The lowest BCUT2D eigenvalue weighted by Crippen LogP contribution is -2.35. The number of nitrogens with two attached hydrogens (primary N) is 3. The van der Waals surface area contributed by atoms with E-state index in [-0.39, 0.29) is 35.0 Å². The molecule has 15 nitrogen and oxygen atoms in total. The number of anilines is 1. The Bertz CT molecular complexity index is 1830. The predicted molar refractivity (Wildman–Crippen MR) is 179 cm³/mol. The molecule has 0 amide bonds. The lowest BCUT2D eigenvalue weighted by atomic mass is 9.89. The number of nitrogen functional groups attached to an aromatic ring is 1. The minimum absolute atomic E-state index is 0.0722. The van der Waals surface area contributed by atoms with Crippen molar-refractivity contribution in [2.24, 2.45) is 11.5 Å². The first-order valence-electron chi connectivity index (χ1n) is 15.1. The Morgan fingerprint density at radius 2 is 1.60 bits per heavy atom. The zero-order valence-corrected chi connectivity index (χ0v) is 28.7. The van der Waals surface area contributed by atoms with Gasteiger partial charge in [0.25, 0.3) is 0 Å². The number of phosphoric acid groups is 2. The number of aryl methyl sites for hydroxylation is 1. The lowest BCUT2D eigenvalue weighted by molar-refractivity contribution is 0.104. The normalized spacial score (nSPS) is 14.1. The third-order valence-electron chi connectivity index (χ3n) is 7.65. The highest BCUT2D eigenvalue weighted by molar-refractivity contribution is 7.47. The van der Waals surface area contributed by atoms with E-state index in [1.54, 1.807) is 0 Å². The van der Waals surface area contributed by atoms with Crippen molar-refractivity contribution in [1.29, 1.82) is 0 Å². The standard InChI is InChI=1S/C30H44N6O9P2/c1-5-6-7-25-35-26-27(36(25)18-19-16-21(44-46(37,38)39)9-11-24(19)45-47(40,41)42)22-17-20(8-10-23(22)34-28(26)31)30(4,33)13-15-43-14-12-29(2,3)32/h8-11,16-17H,5-7,12-15,18,32-33H2,1-4H3,(H2,31,34)(H2,37,38,39)(H2,40,41,42). The molecule has 0 aliphatic carbocycles. The largest absolute Gasteiger partial charge is 0.524 e. The zero-order valence-electron chi connectivity index (χ0n) is 26.9. The molecule has 0 radical (unpaired) electrons. The molecule has 0 bridgehead atoms. The number of benzene rings is 2. The van der Waals surface area contributed by atoms with Gasteiger partial charge in [-0.3, -0.25) is 19.6 Å². The first-order chi connectivity index (χ1) is 21.8. The van der Waals surface area contributed by atoms with Gasteiger partial charge in [0.05, 0.1) is 17.6 Å². The van der Waals surface area contributed by atoms with Crippen molar-refractivity contribution in [1.82, 2.24) is 14.5 Å². The van der Waals surface area contributed by atoms with E-state index in [2.05, 4.69) is 4.98 Å². The Kier molecular flexibility index (Phi) is 11.1. The van der Waals surface area contributed by atoms with Gasteiger partial charge in [0, 0.05) is 41.7 Å². The number of phosphoric ester groups is 2. The number of ether oxygens (including phenoxy) is 1. The molecular weight excluding hydrogens is 650 g/mol. The number of nitrogens with zero attached hydrogens (tertiary/aromatic N) is 3. The smallest absolute Gasteiger partial charge is 0.404 e. The maximum absolute atomic E-state index is 11.8. The fraction of sp³-hybridized carbons (Fsp3) is 0.467. The summed E-state index contributed by atoms with van der Waals surface area (Å²) in [6, 6.07) is 9.20. The molecule has 4 aromatic rings. The minimum atomic E-state index is -5.01. The topological polar surface area (TPSA) is 252 Å². The summed E-state index contributed by atoms with van der Waals surface area (Å²) in [6.07, 6.45) is 3.39. The second kappa shape index (κ2) is 14.2. The molecule has 0 fully saturated rings. The highest BCUT2D eigenvalue weighted by atomic mass is 31.2. The van der Waals surface area contributed by atoms with Gasteiger partial charge in [0.1, 0.15) is 22.8 Å². The van der Waals surface area contributed by atoms with Gasteiger partial charge in [0.15, 0.2) is 5.82 Å². The van der Waals surface area contributed by atoms with Crippen LogP contribution in [0, 0.1) is 0 Å². The van der Waals surface area contributed by atoms with Crippen LogP contribution in [0.25, 0.3) is 21.9 Å². The SMILES string of the molecule is CCCCc1nc2c(N)nc3ccc(C(C)(N)CCOCCC(C)(C)N)cc3c2n1Cc1cc(OP(=O)(O)O)ccc1OP(=O)(O)O. The summed E-state index contributed by atoms with van der Waals surface area (Å²) in [6.45, 7) is 8.68. The Morgan fingerprint density at radius 1 is 0.915 bits per heavy atom. The number of hydrogen-bond acceptors (Lipinski definition) is 10. The van der Waals surface area contributed by atoms with Crippen LogP contribution in [0.3, 0.4) is 0 Å². The molecule has 258 valence electrons. The van der Waals surface area contributed by atoms with Crippen LogP contribution in [0.2, 0.25) is 0 Å². The monoisotopic (exact) mass is 694 g/mol. The summed E-state index contributed by atoms with van der Waals surface area (Å²) in [5.41, 5.74) is 20.7. The van der Waals surface area contributed by atoms with Crippen molar-refractivity contribution in [3.63, 3.8) is 0 Å². The van der Waals surface area contributed by atoms with E-state index in [1.807, 2.05) is 50.5 Å². The van der Waals surface area contributed by atoms with Crippen LogP contribution in [0.1, 0.15) is 70.3 Å². The van der Waals surface area contributed by atoms with Crippen molar-refractivity contribution in [2.75, 3.05) is 18.9 Å². The summed E-state index contributed by atoms with van der Waals surface area (Å²) >= 11 is 0. The molecule has 1 atom stereocenters. The highest BCUT2D eigenvalue weighted by Gasteiger charge is 2.26. The van der Waals surface area contributed by atoms with E-state index >= 15 is 0 Å². The van der Waals surface area contributed by atoms with E-state index in [1.165, 1.54) is 12.1 Å². The first kappa shape index (κ1) is 36.7. The molecule has 0 spiro atoms. The number of pyridine rings is 1. The second-order valence-electron chi connectivity index (χ2n) is 12.6. The third kappa shape index (κ3) is 9.96. The van der Waals surface area contributed by atoms with Crippen LogP contribution in [-0.2, 0) is 32.4 Å². The number of rotatable bonds is 16. The van der Waals surface area contributed by atoms with E-state index in [4.69, 9.17) is 36.0 Å². The van der Waals surface area contributed by atoms with Gasteiger partial charge in [-0.1, -0.05) is 19.4 Å². The van der Waals surface area contributed by atoms with Gasteiger partial charge in [-0.25, -0.2) is 19.1 Å². The quantitative estimate of drug-likeness (QED) is 0.0641. The maximum Gasteiger partial charge on any atom is 0.524 e. The molecule has 0 saturated heterocycles. The van der Waals surface area contributed by atoms with E-state index in [0.717, 1.165) is 24.5 Å². The van der Waals surface area contributed by atoms with Crippen LogP contribution in [0.15, 0.2) is 36.4 Å². The number of fused-ring (bicyclic) bond motifs is 3. The van der Waals surface area contributed by atoms with E-state index < -0.39 is 21.2 Å². The molecule has 47 heavy (non-hydrogen) atoms. The van der Waals surface area contributed by atoms with Gasteiger partial charge < -0.3 is 35.6 Å². The van der Waals surface area contributed by atoms with Crippen molar-refractivity contribution in [2.45, 2.75) is 77.4 Å². The van der Waals surface area contributed by atoms with Crippen molar-refractivity contribution in [3.05, 3.63) is 53.3 Å². The van der Waals surface area contributed by atoms with Gasteiger partial charge in [-0.05, 0) is 75.9 Å². The maximum atomic E-state index is 11.8. The van der Waals surface area contributed by atoms with Crippen LogP contribution < -0.4 is 26.2 Å². The summed E-state index contributed by atoms with van der Waals surface area (Å²) in [4.78, 5) is 47.4. The molecule has 17 heteroatoms. The summed E-state index contributed by atoms with van der Waals surface area (Å²) in [5, 5.41) is 0.685. The summed E-state index contributed by atoms with van der Waals surface area (Å²) in [7, 11) is -9.96. The van der Waals surface area contributed by atoms with Crippen molar-refractivity contribution < 1.29 is 42.5 Å². The summed E-state index contributed by atoms with van der Waals surface area (Å²) in [5.74, 6) is 0.367. The Morgan fingerprint density at radius 3 is 2.23 bits per heavy atom. The van der Waals surface area contributed by atoms with Gasteiger partial charge >= 0.3 is 15.6 Å². The molecule has 2 aromatic carbocycles. The number of unbranched alkanes of at least 4 members (excludes halogenated alkanes) is 1. The number of imidazole rings is 1. The van der Waals surface area contributed by atoms with E-state index in [9.17, 15) is 28.7 Å². The fourth-order valence-electron chi connectivity index (χ4n) is 5.13. The van der Waals surface area contributed by atoms with E-state index in [0.29, 0.717) is 60.2 Å². The zero-order chi connectivity index (χ0) is 34.8. The van der Waals surface area contributed by atoms with Gasteiger partial charge in [0.2, 0.25) is 0 Å². The molecular formula is C30H44N6O9P2. The second-order valence-corrected chi connectivity index (χ2v) is 14.9. The Balaban J connectivity index is 1.84. The third-order valence-corrected chi connectivity index (χ3v) is 8.54. The summed E-state index contributed by atoms with van der Waals surface area (Å²) < 4.78 is 40.8. The highest BCUT2D eigenvalue weighted by Crippen LogP contribution is 2.43. The van der Waals surface area contributed by atoms with Crippen LogP contribution in [0.5, 0.6) is 11.5 Å². The van der Waals surface area contributed by atoms with Gasteiger partial charge in [-0.15, -0.1) is 0 Å². The number of aromatic nitrogens is 3. The van der Waals surface area contributed by atoms with Gasteiger partial charge in [-0.2, -0.15) is 0 Å². The average molecular weight is 695 g/mol. The molecule has 10 N–H and O–H groups in total. The van der Waals surface area contributed by atoms with Crippen LogP contribution in [0.4, 0.5) is 5.82 Å². The van der Waals surface area contributed by atoms with Crippen molar-refractivity contribution >= 4 is 43.4 Å². The molecule has 2 aromatic heterocycles. The molecule has 0 saturated carbocycles. The molecule has 2 heterocycles. The van der Waals surface area contributed by atoms with Crippen molar-refractivity contribution in [3.8, 4) is 11.5 Å². The molecule has 0 aliphatic rings. The van der Waals surface area contributed by atoms with Crippen LogP contribution >= 0.6 is 15.6 Å². The first-order valence-corrected chi connectivity index (χ1v) is 18.2. The fourth-order valence-corrected chi connectivity index (χ4v) is 5.96. The lowest BCUT2D eigenvalue weighted by Gasteiger charge is -2.26. The molecule has 4 rings (SSSR count). The Hall–Kier alpha value is -3.10. The molecule has 1 unspecified atom stereocenters.